The smallest absolute Gasteiger partial charge is 0.321 e. The van der Waals surface area contributed by atoms with Gasteiger partial charge in [0, 0.05) is 29.4 Å². The summed E-state index contributed by atoms with van der Waals surface area (Å²) in [7, 11) is -4.13. The number of carboxylic acid groups (broad SMARTS) is 1. The number of benzene rings is 3. The van der Waals surface area contributed by atoms with Gasteiger partial charge in [-0.3, -0.25) is 9.59 Å². The maximum absolute atomic E-state index is 13.0. The summed E-state index contributed by atoms with van der Waals surface area (Å²) in [6.45, 7) is 0.483. The Bertz CT molecular complexity index is 1510. The van der Waals surface area contributed by atoms with Crippen LogP contribution in [0.5, 0.6) is 0 Å². The number of hydrogen-bond acceptors (Lipinski definition) is 5. The molecule has 33 heavy (non-hydrogen) atoms. The lowest BCUT2D eigenvalue weighted by atomic mass is 10.1. The standard InChI is InChI=1S/C24H20N2O6S/c27-23-17-6-2-1-5-15(17)14-26(23)12-11-20(24(28)29)25-33(30,31)16-9-10-22-19(13-16)18-7-3-4-8-21(18)32-22/h1-10,13,20,25H,11-12,14H2,(H,28,29). The Labute approximate surface area is 189 Å². The van der Waals surface area contributed by atoms with Crippen molar-refractivity contribution in [1.29, 1.82) is 0 Å². The van der Waals surface area contributed by atoms with Crippen molar-refractivity contribution < 1.29 is 27.5 Å². The second kappa shape index (κ2) is 8.02. The molecule has 0 saturated carbocycles. The van der Waals surface area contributed by atoms with Crippen molar-refractivity contribution in [3.05, 3.63) is 77.9 Å². The van der Waals surface area contributed by atoms with E-state index in [1.165, 1.54) is 17.0 Å². The summed E-state index contributed by atoms with van der Waals surface area (Å²) in [5.41, 5.74) is 2.63. The summed E-state index contributed by atoms with van der Waals surface area (Å²) >= 11 is 0. The number of amides is 1. The fourth-order valence-electron chi connectivity index (χ4n) is 4.14. The van der Waals surface area contributed by atoms with Crippen molar-refractivity contribution in [2.75, 3.05) is 6.54 Å². The van der Waals surface area contributed by atoms with E-state index in [-0.39, 0.29) is 23.8 Å². The SMILES string of the molecule is O=C(O)C(CCN1Cc2ccccc2C1=O)NS(=O)(=O)c1ccc2oc3ccccc3c2c1. The molecule has 9 heteroatoms. The van der Waals surface area contributed by atoms with Gasteiger partial charge in [0.15, 0.2) is 0 Å². The van der Waals surface area contributed by atoms with Crippen LogP contribution in [0, 0.1) is 0 Å². The van der Waals surface area contributed by atoms with Gasteiger partial charge in [0.25, 0.3) is 5.91 Å². The Morgan fingerprint density at radius 1 is 1.03 bits per heavy atom. The van der Waals surface area contributed by atoms with E-state index < -0.39 is 22.0 Å². The number of carboxylic acids is 1. The normalized spacial score (nSPS) is 14.7. The zero-order chi connectivity index (χ0) is 23.2. The van der Waals surface area contributed by atoms with Gasteiger partial charge in [0.2, 0.25) is 10.0 Å². The molecule has 4 aromatic rings. The van der Waals surface area contributed by atoms with Gasteiger partial charge in [0.05, 0.1) is 4.90 Å². The van der Waals surface area contributed by atoms with Crippen LogP contribution in [0.15, 0.2) is 76.0 Å². The summed E-state index contributed by atoms with van der Waals surface area (Å²) in [6.07, 6.45) is -0.0643. The molecule has 0 radical (unpaired) electrons. The van der Waals surface area contributed by atoms with Crippen molar-refractivity contribution in [3.63, 3.8) is 0 Å². The van der Waals surface area contributed by atoms with Gasteiger partial charge in [-0.05, 0) is 42.3 Å². The molecular formula is C24H20N2O6S. The zero-order valence-electron chi connectivity index (χ0n) is 17.4. The lowest BCUT2D eigenvalue weighted by Crippen LogP contribution is -2.43. The first-order chi connectivity index (χ1) is 15.8. The molecular weight excluding hydrogens is 444 g/mol. The molecule has 1 unspecified atom stereocenters. The Hall–Kier alpha value is -3.69. The summed E-state index contributed by atoms with van der Waals surface area (Å²) in [4.78, 5) is 25.8. The Morgan fingerprint density at radius 3 is 2.55 bits per heavy atom. The Balaban J connectivity index is 1.35. The fourth-order valence-corrected chi connectivity index (χ4v) is 5.39. The van der Waals surface area contributed by atoms with E-state index in [2.05, 4.69) is 4.72 Å². The largest absolute Gasteiger partial charge is 0.480 e. The predicted octanol–water partition coefficient (Wildman–Crippen LogP) is 3.36. The van der Waals surface area contributed by atoms with Crippen molar-refractivity contribution >= 4 is 43.8 Å². The third kappa shape index (κ3) is 3.85. The molecule has 0 spiro atoms. The van der Waals surface area contributed by atoms with E-state index in [0.717, 1.165) is 10.9 Å². The molecule has 0 fully saturated rings. The van der Waals surface area contributed by atoms with E-state index in [1.807, 2.05) is 30.3 Å². The first-order valence-electron chi connectivity index (χ1n) is 10.4. The minimum absolute atomic E-state index is 0.0579. The van der Waals surface area contributed by atoms with Crippen molar-refractivity contribution in [2.24, 2.45) is 0 Å². The number of furan rings is 1. The highest BCUT2D eigenvalue weighted by Gasteiger charge is 2.30. The lowest BCUT2D eigenvalue weighted by molar-refractivity contribution is -0.139. The van der Waals surface area contributed by atoms with Crippen LogP contribution in [-0.4, -0.2) is 42.9 Å². The third-order valence-electron chi connectivity index (χ3n) is 5.84. The second-order valence-corrected chi connectivity index (χ2v) is 9.65. The maximum atomic E-state index is 13.0. The number of carbonyl (C=O) groups is 2. The maximum Gasteiger partial charge on any atom is 0.321 e. The minimum atomic E-state index is -4.13. The first kappa shape index (κ1) is 21.2. The highest BCUT2D eigenvalue weighted by atomic mass is 32.2. The molecule has 1 aliphatic rings. The van der Waals surface area contributed by atoms with E-state index in [4.69, 9.17) is 4.42 Å². The molecule has 0 bridgehead atoms. The molecule has 1 atom stereocenters. The van der Waals surface area contributed by atoms with Crippen molar-refractivity contribution in [2.45, 2.75) is 23.9 Å². The average Bonchev–Trinajstić information content (AvgIpc) is 3.33. The van der Waals surface area contributed by atoms with Crippen LogP contribution in [0.2, 0.25) is 0 Å². The van der Waals surface area contributed by atoms with Crippen molar-refractivity contribution in [3.8, 4) is 0 Å². The van der Waals surface area contributed by atoms with E-state index in [1.54, 1.807) is 24.3 Å². The number of rotatable bonds is 7. The van der Waals surface area contributed by atoms with Gasteiger partial charge in [-0.2, -0.15) is 4.72 Å². The van der Waals surface area contributed by atoms with Crippen LogP contribution in [0.3, 0.4) is 0 Å². The van der Waals surface area contributed by atoms with Crippen LogP contribution in [-0.2, 0) is 21.4 Å². The van der Waals surface area contributed by atoms with Gasteiger partial charge in [-0.1, -0.05) is 36.4 Å². The van der Waals surface area contributed by atoms with E-state index in [9.17, 15) is 23.1 Å². The molecule has 3 aromatic carbocycles. The van der Waals surface area contributed by atoms with Crippen LogP contribution in [0.1, 0.15) is 22.3 Å². The van der Waals surface area contributed by atoms with Gasteiger partial charge >= 0.3 is 5.97 Å². The molecule has 1 aliphatic heterocycles. The highest BCUT2D eigenvalue weighted by molar-refractivity contribution is 7.89. The summed E-state index contributed by atoms with van der Waals surface area (Å²) in [5.74, 6) is -1.49. The van der Waals surface area contributed by atoms with Crippen LogP contribution in [0.25, 0.3) is 21.9 Å². The highest BCUT2D eigenvalue weighted by Crippen LogP contribution is 2.30. The average molecular weight is 464 g/mol. The van der Waals surface area contributed by atoms with E-state index >= 15 is 0 Å². The van der Waals surface area contributed by atoms with Crippen molar-refractivity contribution in [1.82, 2.24) is 9.62 Å². The molecule has 2 N–H and O–H groups in total. The fraction of sp³-hybridized carbons (Fsp3) is 0.167. The van der Waals surface area contributed by atoms with Gasteiger partial charge < -0.3 is 14.4 Å². The number of nitrogens with one attached hydrogen (secondary N) is 1. The topological polar surface area (TPSA) is 117 Å². The molecule has 0 aliphatic carbocycles. The number of hydrogen-bond donors (Lipinski definition) is 2. The molecule has 8 nitrogen and oxygen atoms in total. The summed E-state index contributed by atoms with van der Waals surface area (Å²) in [6, 6.07) is 17.5. The first-order valence-corrected chi connectivity index (χ1v) is 11.9. The number of nitrogens with zero attached hydrogens (tertiary/aromatic N) is 1. The lowest BCUT2D eigenvalue weighted by Gasteiger charge is -2.20. The second-order valence-electron chi connectivity index (χ2n) is 7.94. The van der Waals surface area contributed by atoms with Gasteiger partial charge in [0.1, 0.15) is 17.2 Å². The summed E-state index contributed by atoms with van der Waals surface area (Å²) in [5, 5.41) is 11.0. The molecule has 1 amide bonds. The number of aliphatic carboxylic acids is 1. The van der Waals surface area contributed by atoms with Crippen LogP contribution in [0.4, 0.5) is 0 Å². The molecule has 0 saturated heterocycles. The van der Waals surface area contributed by atoms with Crippen LogP contribution < -0.4 is 4.72 Å². The van der Waals surface area contributed by atoms with Crippen LogP contribution >= 0.6 is 0 Å². The molecule has 1 aromatic heterocycles. The minimum Gasteiger partial charge on any atom is -0.480 e. The van der Waals surface area contributed by atoms with Gasteiger partial charge in [-0.15, -0.1) is 0 Å². The third-order valence-corrected chi connectivity index (χ3v) is 7.31. The van der Waals surface area contributed by atoms with E-state index in [0.29, 0.717) is 28.7 Å². The number of carbonyl (C=O) groups excluding carboxylic acids is 1. The molecule has 5 rings (SSSR count). The monoisotopic (exact) mass is 464 g/mol. The zero-order valence-corrected chi connectivity index (χ0v) is 18.2. The quantitative estimate of drug-likeness (QED) is 0.433. The predicted molar refractivity (Wildman–Crippen MR) is 121 cm³/mol. The number of sulfonamides is 1. The number of para-hydroxylation sites is 1. The molecule has 168 valence electrons. The summed E-state index contributed by atoms with van der Waals surface area (Å²) < 4.78 is 34.0. The Kier molecular flexibility index (Phi) is 5.15. The van der Waals surface area contributed by atoms with Gasteiger partial charge in [-0.25, -0.2) is 8.42 Å². The number of fused-ring (bicyclic) bond motifs is 4. The molecule has 2 heterocycles. The Morgan fingerprint density at radius 2 is 1.76 bits per heavy atom.